The number of carbonyl (C=O) groups excluding carboxylic acids is 1. The lowest BCUT2D eigenvalue weighted by Crippen LogP contribution is -2.25. The van der Waals surface area contributed by atoms with Crippen LogP contribution in [0.2, 0.25) is 5.02 Å². The van der Waals surface area contributed by atoms with Crippen LogP contribution < -0.4 is 4.90 Å². The summed E-state index contributed by atoms with van der Waals surface area (Å²) in [5, 5.41) is 10.8. The van der Waals surface area contributed by atoms with Crippen molar-refractivity contribution in [1.82, 2.24) is 0 Å². The molecule has 1 aromatic rings. The zero-order valence-corrected chi connectivity index (χ0v) is 10.4. The van der Waals surface area contributed by atoms with E-state index in [9.17, 15) is 19.3 Å². The van der Waals surface area contributed by atoms with Gasteiger partial charge in [-0.2, -0.15) is 0 Å². The Kier molecular flexibility index (Phi) is 3.40. The number of benzene rings is 1. The molecular weight excluding hydrogens is 275 g/mol. The number of halogens is 2. The van der Waals surface area contributed by atoms with Gasteiger partial charge in [-0.1, -0.05) is 11.6 Å². The molecule has 0 bridgehead atoms. The lowest BCUT2D eigenvalue weighted by molar-refractivity contribution is -0.384. The highest BCUT2D eigenvalue weighted by Gasteiger charge is 2.35. The number of nitrogens with zero attached hydrogens (tertiary/aromatic N) is 2. The molecule has 1 fully saturated rings. The summed E-state index contributed by atoms with van der Waals surface area (Å²) < 4.78 is 13.2. The van der Waals surface area contributed by atoms with E-state index >= 15 is 0 Å². The predicted molar refractivity (Wildman–Crippen MR) is 67.4 cm³/mol. The summed E-state index contributed by atoms with van der Waals surface area (Å²) in [6.45, 7) is 0.140. The molecular formula is C12H8ClFN2O3. The first kappa shape index (κ1) is 13.3. The Morgan fingerprint density at radius 3 is 2.79 bits per heavy atom. The Balaban J connectivity index is 2.54. The maximum absolute atomic E-state index is 13.2. The highest BCUT2D eigenvalue weighted by atomic mass is 35.5. The standard InChI is InChI=1S/C12H8ClFN2O3/c1-2-7-3-11(17)15(6-7)12-9(13)4-8(14)5-10(12)16(18)19/h1,4-5,7H,3,6H2. The summed E-state index contributed by atoms with van der Waals surface area (Å²) >= 11 is 5.83. The van der Waals surface area contributed by atoms with E-state index in [1.54, 1.807) is 0 Å². The number of amides is 1. The first-order valence-corrected chi connectivity index (χ1v) is 5.71. The predicted octanol–water partition coefficient (Wildman–Crippen LogP) is 2.37. The number of anilines is 1. The van der Waals surface area contributed by atoms with Crippen LogP contribution in [-0.4, -0.2) is 17.4 Å². The van der Waals surface area contributed by atoms with Gasteiger partial charge in [0.05, 0.1) is 16.0 Å². The van der Waals surface area contributed by atoms with Gasteiger partial charge < -0.3 is 4.90 Å². The molecule has 2 rings (SSSR count). The van der Waals surface area contributed by atoms with Gasteiger partial charge >= 0.3 is 0 Å². The van der Waals surface area contributed by atoms with Gasteiger partial charge in [0, 0.05) is 18.9 Å². The van der Waals surface area contributed by atoms with E-state index in [0.717, 1.165) is 17.0 Å². The van der Waals surface area contributed by atoms with Crippen molar-refractivity contribution in [3.05, 3.63) is 33.1 Å². The minimum Gasteiger partial charge on any atom is -0.304 e. The quantitative estimate of drug-likeness (QED) is 0.475. The van der Waals surface area contributed by atoms with Crippen molar-refractivity contribution in [3.63, 3.8) is 0 Å². The van der Waals surface area contributed by atoms with Gasteiger partial charge in [-0.15, -0.1) is 12.3 Å². The lowest BCUT2D eigenvalue weighted by Gasteiger charge is -2.17. The fraction of sp³-hybridized carbons (Fsp3) is 0.250. The number of hydrogen-bond donors (Lipinski definition) is 0. The molecule has 1 amide bonds. The van der Waals surface area contributed by atoms with E-state index in [2.05, 4.69) is 5.92 Å². The summed E-state index contributed by atoms with van der Waals surface area (Å²) in [5.74, 6) is 0.904. The first-order chi connectivity index (χ1) is 8.93. The highest BCUT2D eigenvalue weighted by molar-refractivity contribution is 6.34. The number of carbonyl (C=O) groups is 1. The zero-order chi connectivity index (χ0) is 14.2. The molecule has 0 saturated carbocycles. The summed E-state index contributed by atoms with van der Waals surface area (Å²) in [6.07, 6.45) is 5.34. The van der Waals surface area contributed by atoms with Gasteiger partial charge in [-0.25, -0.2) is 4.39 Å². The largest absolute Gasteiger partial charge is 0.304 e. The van der Waals surface area contributed by atoms with Gasteiger partial charge in [-0.3, -0.25) is 14.9 Å². The van der Waals surface area contributed by atoms with Crippen LogP contribution in [0.4, 0.5) is 15.8 Å². The smallest absolute Gasteiger partial charge is 0.297 e. The molecule has 1 unspecified atom stereocenters. The van der Waals surface area contributed by atoms with E-state index in [4.69, 9.17) is 18.0 Å². The molecule has 1 aromatic carbocycles. The van der Waals surface area contributed by atoms with Gasteiger partial charge in [0.15, 0.2) is 0 Å². The van der Waals surface area contributed by atoms with Crippen LogP contribution in [0, 0.1) is 34.2 Å². The zero-order valence-electron chi connectivity index (χ0n) is 9.60. The average molecular weight is 283 g/mol. The number of nitro groups is 1. The van der Waals surface area contributed by atoms with Gasteiger partial charge in [0.1, 0.15) is 11.5 Å². The Bertz CT molecular complexity index is 612. The van der Waals surface area contributed by atoms with Crippen molar-refractivity contribution in [3.8, 4) is 12.3 Å². The molecule has 1 heterocycles. The summed E-state index contributed by atoms with van der Waals surface area (Å²) in [4.78, 5) is 23.1. The Labute approximate surface area is 113 Å². The van der Waals surface area contributed by atoms with Crippen LogP contribution in [0.25, 0.3) is 0 Å². The minimum atomic E-state index is -0.833. The topological polar surface area (TPSA) is 63.5 Å². The van der Waals surface area contributed by atoms with Crippen LogP contribution in [0.3, 0.4) is 0 Å². The number of rotatable bonds is 2. The number of terminal acetylenes is 1. The molecule has 0 N–H and O–H groups in total. The molecule has 1 aliphatic heterocycles. The minimum absolute atomic E-state index is 0.0986. The monoisotopic (exact) mass is 282 g/mol. The van der Waals surface area contributed by atoms with E-state index in [-0.39, 0.29) is 35.5 Å². The molecule has 7 heteroatoms. The van der Waals surface area contributed by atoms with Gasteiger partial charge in [-0.05, 0) is 6.07 Å². The van der Waals surface area contributed by atoms with Gasteiger partial charge in [0.25, 0.3) is 5.69 Å². The first-order valence-electron chi connectivity index (χ1n) is 5.34. The van der Waals surface area contributed by atoms with Crippen LogP contribution in [0.1, 0.15) is 6.42 Å². The third kappa shape index (κ3) is 2.37. The van der Waals surface area contributed by atoms with Crippen LogP contribution in [0.5, 0.6) is 0 Å². The molecule has 1 saturated heterocycles. The van der Waals surface area contributed by atoms with Crippen molar-refractivity contribution < 1.29 is 14.1 Å². The maximum atomic E-state index is 13.2. The SMILES string of the molecule is C#CC1CC(=O)N(c2c(Cl)cc(F)cc2[N+](=O)[O-])C1. The van der Waals surface area contributed by atoms with Crippen molar-refractivity contribution in [1.29, 1.82) is 0 Å². The highest BCUT2D eigenvalue weighted by Crippen LogP contribution is 2.39. The third-order valence-corrected chi connectivity index (χ3v) is 3.12. The average Bonchev–Trinajstić information content (AvgIpc) is 2.69. The Morgan fingerprint density at radius 2 is 2.26 bits per heavy atom. The summed E-state index contributed by atoms with van der Waals surface area (Å²) in [5.41, 5.74) is -0.646. The van der Waals surface area contributed by atoms with E-state index in [1.165, 1.54) is 0 Å². The Morgan fingerprint density at radius 1 is 1.58 bits per heavy atom. The van der Waals surface area contributed by atoms with Crippen LogP contribution in [0.15, 0.2) is 12.1 Å². The second-order valence-corrected chi connectivity index (χ2v) is 4.49. The number of nitro benzene ring substituents is 1. The molecule has 1 aliphatic rings. The second-order valence-electron chi connectivity index (χ2n) is 4.08. The fourth-order valence-electron chi connectivity index (χ4n) is 1.99. The normalized spacial score (nSPS) is 18.5. The van der Waals surface area contributed by atoms with Crippen molar-refractivity contribution in [2.75, 3.05) is 11.4 Å². The van der Waals surface area contributed by atoms with Gasteiger partial charge in [0.2, 0.25) is 5.91 Å². The Hall–Kier alpha value is -2.13. The van der Waals surface area contributed by atoms with Crippen molar-refractivity contribution >= 4 is 28.9 Å². The molecule has 98 valence electrons. The summed E-state index contributed by atoms with van der Waals surface area (Å²) in [7, 11) is 0. The van der Waals surface area contributed by atoms with Crippen LogP contribution in [-0.2, 0) is 4.79 Å². The second kappa shape index (κ2) is 4.86. The van der Waals surface area contributed by atoms with E-state index in [0.29, 0.717) is 0 Å². The molecule has 5 nitrogen and oxygen atoms in total. The van der Waals surface area contributed by atoms with Crippen LogP contribution >= 0.6 is 11.6 Å². The molecule has 0 radical (unpaired) electrons. The molecule has 0 spiro atoms. The molecule has 19 heavy (non-hydrogen) atoms. The fourth-order valence-corrected chi connectivity index (χ4v) is 2.30. The maximum Gasteiger partial charge on any atom is 0.297 e. The van der Waals surface area contributed by atoms with Crippen molar-refractivity contribution in [2.24, 2.45) is 5.92 Å². The van der Waals surface area contributed by atoms with E-state index in [1.807, 2.05) is 0 Å². The summed E-state index contributed by atoms with van der Waals surface area (Å²) in [6, 6.07) is 1.66. The molecule has 0 aromatic heterocycles. The third-order valence-electron chi connectivity index (χ3n) is 2.84. The molecule has 0 aliphatic carbocycles. The molecule has 1 atom stereocenters. The number of hydrogen-bond acceptors (Lipinski definition) is 3. The van der Waals surface area contributed by atoms with E-state index < -0.39 is 16.4 Å². The van der Waals surface area contributed by atoms with Crippen molar-refractivity contribution in [2.45, 2.75) is 6.42 Å². The lowest BCUT2D eigenvalue weighted by atomic mass is 10.1.